The number of carbonyl (C=O) groups is 3. The first-order valence-electron chi connectivity index (χ1n) is 10.4. The molecule has 0 saturated carbocycles. The van der Waals surface area contributed by atoms with E-state index in [4.69, 9.17) is 9.47 Å². The Labute approximate surface area is 180 Å². The molecule has 0 bridgehead atoms. The quantitative estimate of drug-likeness (QED) is 0.744. The molecule has 1 fully saturated rings. The number of carbonyl (C=O) groups excluding carboxylic acids is 3. The van der Waals surface area contributed by atoms with Gasteiger partial charge in [0, 0.05) is 31.3 Å². The lowest BCUT2D eigenvalue weighted by Gasteiger charge is -2.22. The maximum absolute atomic E-state index is 12.9. The average Bonchev–Trinajstić information content (AvgIpc) is 3.19. The lowest BCUT2D eigenvalue weighted by Crippen LogP contribution is -2.29. The van der Waals surface area contributed by atoms with Gasteiger partial charge in [-0.25, -0.2) is 0 Å². The molecule has 0 spiro atoms. The van der Waals surface area contributed by atoms with Gasteiger partial charge in [0.1, 0.15) is 13.2 Å². The van der Waals surface area contributed by atoms with Crippen LogP contribution in [0, 0.1) is 5.92 Å². The minimum Gasteiger partial charge on any atom is -0.486 e. The Morgan fingerprint density at radius 1 is 1.10 bits per heavy atom. The van der Waals surface area contributed by atoms with Crippen LogP contribution in [-0.4, -0.2) is 44.0 Å². The van der Waals surface area contributed by atoms with Gasteiger partial charge in [-0.3, -0.25) is 14.4 Å². The maximum Gasteiger partial charge on any atom is 0.253 e. The van der Waals surface area contributed by atoms with Crippen molar-refractivity contribution in [3.05, 3.63) is 48.0 Å². The van der Waals surface area contributed by atoms with Crippen LogP contribution < -0.4 is 25.0 Å². The molecule has 3 amide bonds. The summed E-state index contributed by atoms with van der Waals surface area (Å²) in [4.78, 5) is 39.5. The molecule has 1 unspecified atom stereocenters. The molecule has 4 rings (SSSR count). The van der Waals surface area contributed by atoms with E-state index in [0.29, 0.717) is 48.2 Å². The molecule has 2 aliphatic rings. The van der Waals surface area contributed by atoms with E-state index in [1.54, 1.807) is 47.4 Å². The highest BCUT2D eigenvalue weighted by atomic mass is 16.6. The first-order valence-corrected chi connectivity index (χ1v) is 10.4. The van der Waals surface area contributed by atoms with Crippen LogP contribution in [0.25, 0.3) is 0 Å². The van der Waals surface area contributed by atoms with E-state index in [9.17, 15) is 14.4 Å². The standard InChI is InChI=1S/C23H25N3O5/c1-2-9-24-23(29)17-5-3-4-6-18(17)25-22(28)15-12-21(27)26(14-15)16-7-8-19-20(13-16)31-11-10-30-19/h3-8,13,15H,2,9-12,14H2,1H3,(H,24,29)(H,25,28). The van der Waals surface area contributed by atoms with Crippen molar-refractivity contribution in [3.63, 3.8) is 0 Å². The van der Waals surface area contributed by atoms with Crippen molar-refractivity contribution < 1.29 is 23.9 Å². The molecule has 2 aromatic carbocycles. The number of rotatable bonds is 6. The predicted molar refractivity (Wildman–Crippen MR) is 116 cm³/mol. The van der Waals surface area contributed by atoms with Gasteiger partial charge in [-0.15, -0.1) is 0 Å². The van der Waals surface area contributed by atoms with E-state index in [-0.39, 0.29) is 30.7 Å². The zero-order valence-electron chi connectivity index (χ0n) is 17.3. The molecule has 0 aliphatic carbocycles. The topological polar surface area (TPSA) is 97.0 Å². The SMILES string of the molecule is CCCNC(=O)c1ccccc1NC(=O)C1CC(=O)N(c2ccc3c(c2)OCCO3)C1. The number of benzene rings is 2. The second-order valence-corrected chi connectivity index (χ2v) is 7.52. The highest BCUT2D eigenvalue weighted by Crippen LogP contribution is 2.36. The largest absolute Gasteiger partial charge is 0.486 e. The van der Waals surface area contributed by atoms with Gasteiger partial charge >= 0.3 is 0 Å². The normalized spacial score (nSPS) is 17.4. The molecule has 1 saturated heterocycles. The highest BCUT2D eigenvalue weighted by Gasteiger charge is 2.36. The fourth-order valence-corrected chi connectivity index (χ4v) is 3.69. The first-order chi connectivity index (χ1) is 15.1. The van der Waals surface area contributed by atoms with E-state index in [1.807, 2.05) is 6.92 Å². The molecule has 8 heteroatoms. The number of amides is 3. The van der Waals surface area contributed by atoms with Gasteiger partial charge in [0.15, 0.2) is 11.5 Å². The van der Waals surface area contributed by atoms with Crippen molar-refractivity contribution in [2.75, 3.05) is 36.5 Å². The molecule has 0 aromatic heterocycles. The van der Waals surface area contributed by atoms with E-state index in [1.165, 1.54) is 0 Å². The van der Waals surface area contributed by atoms with E-state index < -0.39 is 5.92 Å². The lowest BCUT2D eigenvalue weighted by molar-refractivity contribution is -0.122. The Morgan fingerprint density at radius 3 is 2.68 bits per heavy atom. The third-order valence-electron chi connectivity index (χ3n) is 5.30. The van der Waals surface area contributed by atoms with Crippen LogP contribution in [0.4, 0.5) is 11.4 Å². The predicted octanol–water partition coefficient (Wildman–Crippen LogP) is 2.59. The molecule has 2 aliphatic heterocycles. The van der Waals surface area contributed by atoms with E-state index in [0.717, 1.165) is 6.42 Å². The number of para-hydroxylation sites is 1. The minimum absolute atomic E-state index is 0.102. The van der Waals surface area contributed by atoms with Crippen molar-refractivity contribution >= 4 is 29.1 Å². The Bertz CT molecular complexity index is 1010. The fraction of sp³-hybridized carbons (Fsp3) is 0.348. The summed E-state index contributed by atoms with van der Waals surface area (Å²) in [5, 5.41) is 5.65. The van der Waals surface area contributed by atoms with Gasteiger partial charge in [0.25, 0.3) is 5.91 Å². The van der Waals surface area contributed by atoms with E-state index >= 15 is 0 Å². The zero-order chi connectivity index (χ0) is 21.8. The molecule has 2 heterocycles. The third-order valence-corrected chi connectivity index (χ3v) is 5.30. The van der Waals surface area contributed by atoms with Crippen molar-refractivity contribution in [2.24, 2.45) is 5.92 Å². The van der Waals surface area contributed by atoms with Gasteiger partial charge in [0.2, 0.25) is 11.8 Å². The Balaban J connectivity index is 1.45. The molecule has 2 N–H and O–H groups in total. The second-order valence-electron chi connectivity index (χ2n) is 7.52. The molecule has 1 atom stereocenters. The smallest absolute Gasteiger partial charge is 0.253 e. The number of ether oxygens (including phenoxy) is 2. The van der Waals surface area contributed by atoms with E-state index in [2.05, 4.69) is 10.6 Å². The number of hydrogen-bond donors (Lipinski definition) is 2. The Hall–Kier alpha value is -3.55. The average molecular weight is 423 g/mol. The van der Waals surface area contributed by atoms with Crippen molar-refractivity contribution in [1.29, 1.82) is 0 Å². The van der Waals surface area contributed by atoms with Crippen LogP contribution in [0.3, 0.4) is 0 Å². The van der Waals surface area contributed by atoms with Crippen molar-refractivity contribution in [2.45, 2.75) is 19.8 Å². The van der Waals surface area contributed by atoms with Gasteiger partial charge in [-0.2, -0.15) is 0 Å². The van der Waals surface area contributed by atoms with Crippen LogP contribution >= 0.6 is 0 Å². The molecule has 31 heavy (non-hydrogen) atoms. The molecule has 0 radical (unpaired) electrons. The summed E-state index contributed by atoms with van der Waals surface area (Å²) in [6.45, 7) is 3.74. The Morgan fingerprint density at radius 2 is 1.87 bits per heavy atom. The van der Waals surface area contributed by atoms with Crippen LogP contribution in [0.5, 0.6) is 11.5 Å². The summed E-state index contributed by atoms with van der Waals surface area (Å²) in [7, 11) is 0. The first kappa shape index (κ1) is 20.7. The number of anilines is 2. The van der Waals surface area contributed by atoms with Crippen LogP contribution in [-0.2, 0) is 9.59 Å². The summed E-state index contributed by atoms with van der Waals surface area (Å²) in [6.07, 6.45) is 0.921. The molecular formula is C23H25N3O5. The lowest BCUT2D eigenvalue weighted by atomic mass is 10.1. The number of nitrogens with zero attached hydrogens (tertiary/aromatic N) is 1. The fourth-order valence-electron chi connectivity index (χ4n) is 3.69. The molecule has 162 valence electrons. The van der Waals surface area contributed by atoms with Gasteiger partial charge in [0.05, 0.1) is 17.2 Å². The van der Waals surface area contributed by atoms with Crippen LogP contribution in [0.1, 0.15) is 30.1 Å². The second kappa shape index (κ2) is 9.07. The van der Waals surface area contributed by atoms with Crippen molar-refractivity contribution in [1.82, 2.24) is 5.32 Å². The summed E-state index contributed by atoms with van der Waals surface area (Å²) in [5.41, 5.74) is 1.51. The number of hydrogen-bond acceptors (Lipinski definition) is 5. The maximum atomic E-state index is 12.9. The van der Waals surface area contributed by atoms with Crippen LogP contribution in [0.2, 0.25) is 0 Å². The third kappa shape index (κ3) is 4.47. The highest BCUT2D eigenvalue weighted by molar-refractivity contribution is 6.07. The van der Waals surface area contributed by atoms with Crippen LogP contribution in [0.15, 0.2) is 42.5 Å². The summed E-state index contributed by atoms with van der Waals surface area (Å²) >= 11 is 0. The van der Waals surface area contributed by atoms with Gasteiger partial charge in [-0.1, -0.05) is 19.1 Å². The number of nitrogens with one attached hydrogen (secondary N) is 2. The zero-order valence-corrected chi connectivity index (χ0v) is 17.3. The minimum atomic E-state index is -0.521. The molecule has 2 aromatic rings. The number of fused-ring (bicyclic) bond motifs is 1. The summed E-state index contributed by atoms with van der Waals surface area (Å²) in [6, 6.07) is 12.2. The molecule has 8 nitrogen and oxygen atoms in total. The summed E-state index contributed by atoms with van der Waals surface area (Å²) in [5.74, 6) is 0.0610. The monoisotopic (exact) mass is 423 g/mol. The van der Waals surface area contributed by atoms with Gasteiger partial charge < -0.3 is 25.0 Å². The Kier molecular flexibility index (Phi) is 6.06. The molecular weight excluding hydrogens is 398 g/mol. The van der Waals surface area contributed by atoms with Gasteiger partial charge in [-0.05, 0) is 30.7 Å². The summed E-state index contributed by atoms with van der Waals surface area (Å²) < 4.78 is 11.1. The van der Waals surface area contributed by atoms with Crippen molar-refractivity contribution in [3.8, 4) is 11.5 Å².